The van der Waals surface area contributed by atoms with Gasteiger partial charge in [0, 0.05) is 45.0 Å². The molecule has 116 valence electrons. The van der Waals surface area contributed by atoms with Crippen LogP contribution in [0, 0.1) is 0 Å². The molecule has 0 unspecified atom stereocenters. The van der Waals surface area contributed by atoms with Crippen LogP contribution in [0.25, 0.3) is 0 Å². The van der Waals surface area contributed by atoms with Gasteiger partial charge < -0.3 is 15.4 Å². The molecule has 1 aromatic heterocycles. The van der Waals surface area contributed by atoms with Gasteiger partial charge in [0.05, 0.1) is 12.6 Å². The Morgan fingerprint density at radius 1 is 1.48 bits per heavy atom. The van der Waals surface area contributed by atoms with Crippen molar-refractivity contribution in [2.45, 2.75) is 25.9 Å². The van der Waals surface area contributed by atoms with Gasteiger partial charge in [0.15, 0.2) is 0 Å². The van der Waals surface area contributed by atoms with E-state index in [2.05, 4.69) is 20.5 Å². The first-order valence-corrected chi connectivity index (χ1v) is 7.27. The van der Waals surface area contributed by atoms with Crippen molar-refractivity contribution < 1.29 is 9.53 Å². The summed E-state index contributed by atoms with van der Waals surface area (Å²) in [5.41, 5.74) is 0.477. The van der Waals surface area contributed by atoms with E-state index in [4.69, 9.17) is 4.74 Å². The lowest BCUT2D eigenvalue weighted by atomic mass is 10.0. The number of carbonyl (C=O) groups is 1. The molecule has 0 bridgehead atoms. The molecule has 1 fully saturated rings. The molecule has 2 N–H and O–H groups in total. The Hall–Kier alpha value is -1.66. The highest BCUT2D eigenvalue weighted by atomic mass is 16.5. The summed E-state index contributed by atoms with van der Waals surface area (Å²) in [5.74, 6) is 0.600. The van der Waals surface area contributed by atoms with E-state index in [-0.39, 0.29) is 5.91 Å². The molecule has 0 aliphatic carbocycles. The third-order valence-corrected chi connectivity index (χ3v) is 3.92. The van der Waals surface area contributed by atoms with E-state index in [9.17, 15) is 4.79 Å². The molecule has 1 aliphatic rings. The summed E-state index contributed by atoms with van der Waals surface area (Å²) in [6.45, 7) is 8.07. The lowest BCUT2D eigenvalue weighted by Gasteiger charge is -2.39. The fraction of sp³-hybridized carbons (Fsp3) is 0.600. The van der Waals surface area contributed by atoms with E-state index in [1.54, 1.807) is 13.3 Å². The molecule has 21 heavy (non-hydrogen) atoms. The van der Waals surface area contributed by atoms with Crippen LogP contribution in [0.5, 0.6) is 5.88 Å². The summed E-state index contributed by atoms with van der Waals surface area (Å²) in [6, 6.07) is 3.71. The van der Waals surface area contributed by atoms with E-state index in [1.807, 2.05) is 26.0 Å². The van der Waals surface area contributed by atoms with Crippen LogP contribution < -0.4 is 15.4 Å². The van der Waals surface area contributed by atoms with Crippen LogP contribution in [0.2, 0.25) is 0 Å². The van der Waals surface area contributed by atoms with Crippen LogP contribution in [-0.4, -0.2) is 54.6 Å². The fourth-order valence-electron chi connectivity index (χ4n) is 2.44. The number of nitrogens with one attached hydrogen (secondary N) is 2. The Kier molecular flexibility index (Phi) is 5.14. The van der Waals surface area contributed by atoms with Gasteiger partial charge in [-0.3, -0.25) is 9.69 Å². The van der Waals surface area contributed by atoms with Gasteiger partial charge in [-0.05, 0) is 25.5 Å². The smallest absolute Gasteiger partial charge is 0.240 e. The largest absolute Gasteiger partial charge is 0.481 e. The maximum absolute atomic E-state index is 12.5. The number of rotatable bonds is 5. The third kappa shape index (κ3) is 3.92. The van der Waals surface area contributed by atoms with Gasteiger partial charge in [-0.25, -0.2) is 4.98 Å². The molecule has 1 amide bonds. The molecular formula is C15H24N4O2. The maximum Gasteiger partial charge on any atom is 0.240 e. The summed E-state index contributed by atoms with van der Waals surface area (Å²) in [5, 5.41) is 6.31. The molecule has 0 atom stereocenters. The summed E-state index contributed by atoms with van der Waals surface area (Å²) >= 11 is 0. The van der Waals surface area contributed by atoms with Gasteiger partial charge in [0.1, 0.15) is 0 Å². The number of aromatic nitrogens is 1. The van der Waals surface area contributed by atoms with Crippen molar-refractivity contribution in [1.29, 1.82) is 0 Å². The Morgan fingerprint density at radius 3 is 2.86 bits per heavy atom. The van der Waals surface area contributed by atoms with Crippen molar-refractivity contribution in [3.05, 3.63) is 23.9 Å². The van der Waals surface area contributed by atoms with Gasteiger partial charge in [0.2, 0.25) is 11.8 Å². The zero-order valence-electron chi connectivity index (χ0n) is 13.0. The van der Waals surface area contributed by atoms with Gasteiger partial charge in [0.25, 0.3) is 0 Å². The van der Waals surface area contributed by atoms with Crippen LogP contribution in [0.3, 0.4) is 0 Å². The average Bonchev–Trinajstić information content (AvgIpc) is 2.53. The van der Waals surface area contributed by atoms with Crippen molar-refractivity contribution in [3.63, 3.8) is 0 Å². The monoisotopic (exact) mass is 292 g/mol. The molecule has 2 rings (SSSR count). The number of hydrogen-bond acceptors (Lipinski definition) is 5. The number of nitrogens with zero attached hydrogens (tertiary/aromatic N) is 2. The van der Waals surface area contributed by atoms with E-state index in [1.165, 1.54) is 0 Å². The van der Waals surface area contributed by atoms with Gasteiger partial charge >= 0.3 is 0 Å². The van der Waals surface area contributed by atoms with Crippen LogP contribution in [-0.2, 0) is 11.3 Å². The van der Waals surface area contributed by atoms with E-state index in [0.717, 1.165) is 31.7 Å². The first kappa shape index (κ1) is 15.7. The standard InChI is InChI=1S/C15H24N4O2/c1-15(2,19-8-6-16-7-9-19)14(20)18-11-12-4-5-17-13(10-12)21-3/h4-5,10,16H,6-9,11H2,1-3H3,(H,18,20). The molecule has 1 aliphatic heterocycles. The first-order valence-electron chi connectivity index (χ1n) is 7.27. The minimum absolute atomic E-state index is 0.0418. The predicted molar refractivity (Wildman–Crippen MR) is 81.2 cm³/mol. The Morgan fingerprint density at radius 2 is 2.19 bits per heavy atom. The maximum atomic E-state index is 12.5. The summed E-state index contributed by atoms with van der Waals surface area (Å²) in [7, 11) is 1.58. The number of carbonyl (C=O) groups excluding carboxylic acids is 1. The topological polar surface area (TPSA) is 66.5 Å². The highest BCUT2D eigenvalue weighted by molar-refractivity contribution is 5.85. The number of amides is 1. The van der Waals surface area contributed by atoms with Crippen molar-refractivity contribution in [2.24, 2.45) is 0 Å². The lowest BCUT2D eigenvalue weighted by molar-refractivity contribution is -0.132. The summed E-state index contributed by atoms with van der Waals surface area (Å²) in [4.78, 5) is 18.7. The normalized spacial score (nSPS) is 16.5. The van der Waals surface area contributed by atoms with E-state index < -0.39 is 5.54 Å². The fourth-order valence-corrected chi connectivity index (χ4v) is 2.44. The molecule has 0 aromatic carbocycles. The second kappa shape index (κ2) is 6.87. The van der Waals surface area contributed by atoms with Gasteiger partial charge in [-0.15, -0.1) is 0 Å². The Labute approximate surface area is 125 Å². The SMILES string of the molecule is COc1cc(CNC(=O)C(C)(C)N2CCNCC2)ccn1. The molecule has 2 heterocycles. The van der Waals surface area contributed by atoms with Crippen molar-refractivity contribution in [1.82, 2.24) is 20.5 Å². The van der Waals surface area contributed by atoms with Crippen LogP contribution in [0.4, 0.5) is 0 Å². The molecule has 1 aromatic rings. The number of ether oxygens (including phenoxy) is 1. The predicted octanol–water partition coefficient (Wildman–Crippen LogP) is 0.390. The molecule has 0 saturated carbocycles. The Bertz CT molecular complexity index is 484. The molecule has 0 spiro atoms. The quantitative estimate of drug-likeness (QED) is 0.822. The molecule has 6 heteroatoms. The van der Waals surface area contributed by atoms with E-state index in [0.29, 0.717) is 12.4 Å². The molecular weight excluding hydrogens is 268 g/mol. The zero-order valence-corrected chi connectivity index (χ0v) is 13.0. The number of hydrogen-bond donors (Lipinski definition) is 2. The molecule has 1 saturated heterocycles. The van der Waals surface area contributed by atoms with Crippen LogP contribution in [0.1, 0.15) is 19.4 Å². The van der Waals surface area contributed by atoms with Crippen LogP contribution >= 0.6 is 0 Å². The second-order valence-corrected chi connectivity index (χ2v) is 5.69. The average molecular weight is 292 g/mol. The number of piperazine rings is 1. The highest BCUT2D eigenvalue weighted by Crippen LogP contribution is 2.16. The van der Waals surface area contributed by atoms with Gasteiger partial charge in [-0.1, -0.05) is 0 Å². The second-order valence-electron chi connectivity index (χ2n) is 5.69. The molecule has 6 nitrogen and oxygen atoms in total. The minimum atomic E-state index is -0.501. The van der Waals surface area contributed by atoms with Crippen LogP contribution in [0.15, 0.2) is 18.3 Å². The lowest BCUT2D eigenvalue weighted by Crippen LogP contribution is -2.59. The number of methoxy groups -OCH3 is 1. The number of pyridine rings is 1. The Balaban J connectivity index is 1.93. The minimum Gasteiger partial charge on any atom is -0.481 e. The van der Waals surface area contributed by atoms with Crippen molar-refractivity contribution >= 4 is 5.91 Å². The van der Waals surface area contributed by atoms with Crippen molar-refractivity contribution in [2.75, 3.05) is 33.3 Å². The first-order chi connectivity index (χ1) is 10.0. The highest BCUT2D eigenvalue weighted by Gasteiger charge is 2.34. The zero-order chi connectivity index (χ0) is 15.3. The summed E-state index contributed by atoms with van der Waals surface area (Å²) < 4.78 is 5.09. The van der Waals surface area contributed by atoms with Gasteiger partial charge in [-0.2, -0.15) is 0 Å². The molecule has 0 radical (unpaired) electrons. The van der Waals surface area contributed by atoms with Crippen molar-refractivity contribution in [3.8, 4) is 5.88 Å². The van der Waals surface area contributed by atoms with E-state index >= 15 is 0 Å². The summed E-state index contributed by atoms with van der Waals surface area (Å²) in [6.07, 6.45) is 1.68. The third-order valence-electron chi connectivity index (χ3n) is 3.92.